The lowest BCUT2D eigenvalue weighted by Crippen LogP contribution is -3.00. The van der Waals surface area contributed by atoms with Gasteiger partial charge in [0.2, 0.25) is 11.3 Å². The number of aromatic nitrogens is 1. The van der Waals surface area contributed by atoms with Crippen LogP contribution in [0.4, 0.5) is 20.2 Å². The van der Waals surface area contributed by atoms with Crippen LogP contribution in [0.15, 0.2) is 65.6 Å². The number of rotatable bonds is 15. The van der Waals surface area contributed by atoms with E-state index in [0.29, 0.717) is 35.0 Å². The lowest BCUT2D eigenvalue weighted by Gasteiger charge is -2.37. The Morgan fingerprint density at radius 2 is 1.60 bits per heavy atom. The van der Waals surface area contributed by atoms with Crippen molar-refractivity contribution in [3.63, 3.8) is 0 Å². The molecule has 5 rings (SSSR count). The second-order valence-electron chi connectivity index (χ2n) is 13.7. The molecule has 1 fully saturated rings. The molecule has 52 heavy (non-hydrogen) atoms. The molecule has 0 atom stereocenters. The van der Waals surface area contributed by atoms with Gasteiger partial charge in [0.05, 0.1) is 51.6 Å². The van der Waals surface area contributed by atoms with E-state index in [1.807, 2.05) is 0 Å². The Bertz CT molecular complexity index is 1910. The monoisotopic (exact) mass is 782 g/mol. The van der Waals surface area contributed by atoms with Crippen LogP contribution in [0.3, 0.4) is 0 Å². The van der Waals surface area contributed by atoms with E-state index in [1.165, 1.54) is 76.5 Å². The number of fused-ring (bicyclic) bond motifs is 1. The Hall–Kier alpha value is -4.29. The van der Waals surface area contributed by atoms with Gasteiger partial charge in [-0.2, -0.15) is 0 Å². The zero-order chi connectivity index (χ0) is 36.5. The molecular weight excluding hydrogens is 734 g/mol. The molecular formula is C40H49BrF2N4O5. The van der Waals surface area contributed by atoms with Crippen LogP contribution in [0.1, 0.15) is 75.6 Å². The second kappa shape index (κ2) is 18.5. The van der Waals surface area contributed by atoms with Crippen molar-refractivity contribution in [3.05, 3.63) is 88.2 Å². The number of amides is 2. The van der Waals surface area contributed by atoms with E-state index in [9.17, 15) is 23.2 Å². The number of unbranched alkanes of at least 4 members (excludes halogenated alkanes) is 4. The van der Waals surface area contributed by atoms with Gasteiger partial charge in [-0.3, -0.25) is 14.4 Å². The third-order valence-electron chi connectivity index (χ3n) is 9.66. The number of pyridine rings is 1. The molecule has 12 heteroatoms. The van der Waals surface area contributed by atoms with Crippen molar-refractivity contribution in [1.29, 1.82) is 0 Å². The van der Waals surface area contributed by atoms with Gasteiger partial charge < -0.3 is 45.7 Å². The van der Waals surface area contributed by atoms with E-state index in [4.69, 9.17) is 9.47 Å². The van der Waals surface area contributed by atoms with Crippen molar-refractivity contribution in [3.8, 4) is 17.2 Å². The number of carbonyl (C=O) groups excluding carboxylic acids is 2. The fourth-order valence-corrected chi connectivity index (χ4v) is 6.98. The zero-order valence-corrected chi connectivity index (χ0v) is 32.1. The summed E-state index contributed by atoms with van der Waals surface area (Å²) in [5.41, 5.74) is 0.643. The van der Waals surface area contributed by atoms with Gasteiger partial charge in [-0.05, 0) is 75.8 Å². The summed E-state index contributed by atoms with van der Waals surface area (Å²) in [6.45, 7) is 7.46. The fourth-order valence-electron chi connectivity index (χ4n) is 6.98. The number of nitrogens with one attached hydrogen (secondary N) is 1. The molecule has 1 aromatic heterocycles. The summed E-state index contributed by atoms with van der Waals surface area (Å²) in [4.78, 5) is 41.0. The average Bonchev–Trinajstić information content (AvgIpc) is 3.09. The van der Waals surface area contributed by atoms with Crippen molar-refractivity contribution in [2.45, 2.75) is 65.2 Å². The minimum Gasteiger partial charge on any atom is -1.00 e. The summed E-state index contributed by atoms with van der Waals surface area (Å²) >= 11 is 0. The van der Waals surface area contributed by atoms with Crippen LogP contribution in [0.5, 0.6) is 11.5 Å². The highest BCUT2D eigenvalue weighted by Crippen LogP contribution is 2.29. The van der Waals surface area contributed by atoms with E-state index < -0.39 is 23.0 Å². The maximum atomic E-state index is 14.2. The molecule has 1 saturated heterocycles. The predicted molar refractivity (Wildman–Crippen MR) is 197 cm³/mol. The van der Waals surface area contributed by atoms with Crippen LogP contribution in [-0.2, 0) is 4.79 Å². The molecule has 0 bridgehead atoms. The minimum absolute atomic E-state index is 0. The number of methoxy groups -OCH3 is 1. The number of piperidine rings is 1. The number of halogens is 3. The van der Waals surface area contributed by atoms with Crippen molar-refractivity contribution in [2.24, 2.45) is 0 Å². The minimum atomic E-state index is -0.843. The van der Waals surface area contributed by atoms with Crippen LogP contribution >= 0.6 is 0 Å². The number of hydrogen-bond donors (Lipinski definition) is 1. The predicted octanol–water partition coefficient (Wildman–Crippen LogP) is 4.87. The lowest BCUT2D eigenvalue weighted by atomic mass is 10.1. The number of nitrogens with zero attached hydrogens (tertiary/aromatic N) is 3. The molecule has 0 spiro atoms. The SMILES string of the molecule is CCN(C(=O)c1cn(-c2cc(NC(C)=O)cc(OC)c2)c2cc(OCCCCCCC[N+]3(C)CCCCC3)ccc2c1=O)c1cc(F)cc(F)c1.[Br-]. The third kappa shape index (κ3) is 10.2. The van der Waals surface area contributed by atoms with Crippen molar-refractivity contribution < 1.29 is 49.3 Å². The Morgan fingerprint density at radius 1 is 0.904 bits per heavy atom. The lowest BCUT2D eigenvalue weighted by molar-refractivity contribution is -0.914. The van der Waals surface area contributed by atoms with Gasteiger partial charge in [0.15, 0.2) is 0 Å². The highest BCUT2D eigenvalue weighted by Gasteiger charge is 2.25. The van der Waals surface area contributed by atoms with Crippen molar-refractivity contribution in [2.75, 3.05) is 57.2 Å². The molecule has 9 nitrogen and oxygen atoms in total. The molecule has 2 amide bonds. The number of ether oxygens (including phenoxy) is 2. The Morgan fingerprint density at radius 3 is 2.27 bits per heavy atom. The van der Waals surface area contributed by atoms with Crippen molar-refractivity contribution in [1.82, 2.24) is 4.57 Å². The maximum absolute atomic E-state index is 14.2. The van der Waals surface area contributed by atoms with Crippen LogP contribution in [-0.4, -0.2) is 67.8 Å². The molecule has 4 aromatic rings. The van der Waals surface area contributed by atoms with Gasteiger partial charge in [0.1, 0.15) is 28.7 Å². The van der Waals surface area contributed by atoms with E-state index in [1.54, 1.807) is 47.9 Å². The number of quaternary nitrogens is 1. The summed E-state index contributed by atoms with van der Waals surface area (Å²) < 4.78 is 42.9. The molecule has 1 aliphatic heterocycles. The highest BCUT2D eigenvalue weighted by molar-refractivity contribution is 6.07. The molecule has 2 heterocycles. The van der Waals surface area contributed by atoms with E-state index in [0.717, 1.165) is 42.4 Å². The van der Waals surface area contributed by atoms with Gasteiger partial charge in [-0.1, -0.05) is 12.8 Å². The van der Waals surface area contributed by atoms with Gasteiger partial charge in [-0.15, -0.1) is 0 Å². The summed E-state index contributed by atoms with van der Waals surface area (Å²) in [7, 11) is 3.88. The smallest absolute Gasteiger partial charge is 0.263 e. The summed E-state index contributed by atoms with van der Waals surface area (Å²) in [6, 6.07) is 13.0. The summed E-state index contributed by atoms with van der Waals surface area (Å²) in [6.07, 6.45) is 11.0. The molecule has 1 aliphatic rings. The van der Waals surface area contributed by atoms with Gasteiger partial charge in [-0.25, -0.2) is 8.78 Å². The number of hydrogen-bond acceptors (Lipinski definition) is 5. The first kappa shape index (κ1) is 40.5. The van der Waals surface area contributed by atoms with Crippen LogP contribution in [0.25, 0.3) is 16.6 Å². The molecule has 0 saturated carbocycles. The Kier molecular flexibility index (Phi) is 14.4. The number of likely N-dealkylation sites (tertiary alicyclic amines) is 1. The van der Waals surface area contributed by atoms with Crippen LogP contribution in [0.2, 0.25) is 0 Å². The first-order valence-corrected chi connectivity index (χ1v) is 17.9. The first-order valence-electron chi connectivity index (χ1n) is 17.9. The van der Waals surface area contributed by atoms with Crippen LogP contribution in [0, 0.1) is 11.6 Å². The molecule has 0 radical (unpaired) electrons. The second-order valence-corrected chi connectivity index (χ2v) is 13.7. The highest BCUT2D eigenvalue weighted by atomic mass is 79.9. The quantitative estimate of drug-likeness (QED) is 0.138. The standard InChI is InChI=1S/C40H48F2N4O5.BrH/c1-5-44(32-21-29(41)20-30(42)22-32)40(49)37-27-45(33-23-31(43-28(2)47)24-35(25-33)50-4)38-26-34(14-15-36(38)39(37)48)51-19-13-8-6-7-10-16-46(3)17-11-9-12-18-46;/h14-15,20-27H,5-13,16-19H2,1-4H3;1H. The number of carbonyl (C=O) groups is 2. The van der Waals surface area contributed by atoms with Gasteiger partial charge in [0.25, 0.3) is 5.91 Å². The van der Waals surface area contributed by atoms with Crippen molar-refractivity contribution >= 4 is 34.1 Å². The topological polar surface area (TPSA) is 89.9 Å². The van der Waals surface area contributed by atoms with E-state index in [2.05, 4.69) is 12.4 Å². The van der Waals surface area contributed by atoms with Gasteiger partial charge in [0, 0.05) is 60.7 Å². The van der Waals surface area contributed by atoms with Crippen LogP contribution < -0.4 is 42.1 Å². The summed E-state index contributed by atoms with van der Waals surface area (Å²) in [5.74, 6) is -1.70. The zero-order valence-electron chi connectivity index (χ0n) is 30.5. The summed E-state index contributed by atoms with van der Waals surface area (Å²) in [5, 5.41) is 3.00. The molecule has 3 aromatic carbocycles. The maximum Gasteiger partial charge on any atom is 0.263 e. The molecule has 0 aliphatic carbocycles. The molecule has 280 valence electrons. The Labute approximate surface area is 314 Å². The Balaban J connectivity index is 0.00000605. The van der Waals surface area contributed by atoms with E-state index in [-0.39, 0.29) is 46.1 Å². The first-order chi connectivity index (χ1) is 24.5. The largest absolute Gasteiger partial charge is 1.00 e. The van der Waals surface area contributed by atoms with Gasteiger partial charge >= 0.3 is 0 Å². The average molecular weight is 784 g/mol. The van der Waals surface area contributed by atoms with E-state index >= 15 is 0 Å². The normalized spacial score (nSPS) is 13.7. The molecule has 1 N–H and O–H groups in total. The number of benzene rings is 3. The molecule has 0 unspecified atom stereocenters. The fraction of sp³-hybridized carbons (Fsp3) is 0.425. The number of anilines is 2. The third-order valence-corrected chi connectivity index (χ3v) is 9.66.